The zero-order valence-corrected chi connectivity index (χ0v) is 23.9. The van der Waals surface area contributed by atoms with Crippen molar-refractivity contribution >= 4 is 28.0 Å². The van der Waals surface area contributed by atoms with E-state index in [1.54, 1.807) is 17.4 Å². The second kappa shape index (κ2) is 10.5. The molecule has 1 aromatic carbocycles. The lowest BCUT2D eigenvalue weighted by Crippen LogP contribution is -2.45. The molecule has 4 aromatic heterocycles. The number of amides is 1. The van der Waals surface area contributed by atoms with Crippen LogP contribution in [0.3, 0.4) is 0 Å². The molecule has 7 rings (SSSR count). The Hall–Kier alpha value is -4.25. The fraction of sp³-hybridized carbons (Fsp3) is 0.419. The zero-order chi connectivity index (χ0) is 29.0. The highest BCUT2D eigenvalue weighted by atomic mass is 19.1. The number of halogens is 1. The van der Waals surface area contributed by atoms with E-state index in [4.69, 9.17) is 20.4 Å². The number of hydrogen-bond acceptors (Lipinski definition) is 6. The van der Waals surface area contributed by atoms with Gasteiger partial charge in [0.1, 0.15) is 24.0 Å². The number of nitrogens with zero attached hydrogens (tertiary/aromatic N) is 7. The highest BCUT2D eigenvalue weighted by molar-refractivity contribution is 5.99. The number of rotatable bonds is 10. The SMILES string of the molecule is C[C@@H](Cn1ccnc1)Oc1cccc2cc(-c3nc4cc5c(nc4n3C)CCN(C[C@H](N)CF)C5=O)n(CC3CC3)c12. The van der Waals surface area contributed by atoms with Crippen LogP contribution in [0.5, 0.6) is 5.75 Å². The number of pyridine rings is 1. The summed E-state index contributed by atoms with van der Waals surface area (Å²) in [6.45, 7) is 3.64. The Morgan fingerprint density at radius 2 is 2.05 bits per heavy atom. The summed E-state index contributed by atoms with van der Waals surface area (Å²) in [4.78, 5) is 28.9. The van der Waals surface area contributed by atoms with Gasteiger partial charge < -0.3 is 29.1 Å². The molecule has 1 aliphatic carbocycles. The molecule has 1 fully saturated rings. The lowest BCUT2D eigenvalue weighted by Gasteiger charge is -2.29. The van der Waals surface area contributed by atoms with Crippen LogP contribution in [0.4, 0.5) is 4.39 Å². The summed E-state index contributed by atoms with van der Waals surface area (Å²) in [7, 11) is 1.98. The quantitative estimate of drug-likeness (QED) is 0.272. The van der Waals surface area contributed by atoms with Crippen LogP contribution in [0.2, 0.25) is 0 Å². The summed E-state index contributed by atoms with van der Waals surface area (Å²) in [6, 6.07) is 9.50. The fourth-order valence-corrected chi connectivity index (χ4v) is 6.04. The van der Waals surface area contributed by atoms with Crippen molar-refractivity contribution in [2.75, 3.05) is 19.8 Å². The van der Waals surface area contributed by atoms with E-state index in [0.717, 1.165) is 46.1 Å². The number of hydrogen-bond donors (Lipinski definition) is 1. The third-order valence-corrected chi connectivity index (χ3v) is 8.32. The maximum absolute atomic E-state index is 13.2. The highest BCUT2D eigenvalue weighted by Crippen LogP contribution is 2.39. The number of carbonyl (C=O) groups is 1. The molecule has 42 heavy (non-hydrogen) atoms. The Kier molecular flexibility index (Phi) is 6.69. The lowest BCUT2D eigenvalue weighted by atomic mass is 10.0. The van der Waals surface area contributed by atoms with Gasteiger partial charge in [-0.15, -0.1) is 0 Å². The van der Waals surface area contributed by atoms with Crippen LogP contribution in [0.15, 0.2) is 49.1 Å². The molecule has 11 heteroatoms. The van der Waals surface area contributed by atoms with E-state index >= 15 is 0 Å². The van der Waals surface area contributed by atoms with Gasteiger partial charge in [-0.1, -0.05) is 12.1 Å². The third kappa shape index (κ3) is 4.81. The molecular formula is C31H35FN8O2. The van der Waals surface area contributed by atoms with Gasteiger partial charge in [0.25, 0.3) is 5.91 Å². The van der Waals surface area contributed by atoms with E-state index in [0.29, 0.717) is 36.5 Å². The molecule has 0 unspecified atom stereocenters. The largest absolute Gasteiger partial charge is 0.487 e. The molecule has 5 heterocycles. The maximum atomic E-state index is 13.2. The average molecular weight is 571 g/mol. The van der Waals surface area contributed by atoms with Gasteiger partial charge >= 0.3 is 0 Å². The van der Waals surface area contributed by atoms with Gasteiger partial charge in [-0.05, 0) is 43.9 Å². The zero-order valence-electron chi connectivity index (χ0n) is 23.9. The Morgan fingerprint density at radius 1 is 1.19 bits per heavy atom. The minimum absolute atomic E-state index is 0.0552. The van der Waals surface area contributed by atoms with Crippen molar-refractivity contribution in [3.05, 3.63) is 60.3 Å². The summed E-state index contributed by atoms with van der Waals surface area (Å²) >= 11 is 0. The number of para-hydroxylation sites is 1. The summed E-state index contributed by atoms with van der Waals surface area (Å²) in [5.41, 5.74) is 10.5. The number of aromatic nitrogens is 6. The fourth-order valence-electron chi connectivity index (χ4n) is 6.04. The number of imidazole rings is 2. The van der Waals surface area contributed by atoms with Crippen LogP contribution in [0.1, 0.15) is 35.8 Å². The normalized spacial score (nSPS) is 16.8. The van der Waals surface area contributed by atoms with E-state index in [-0.39, 0.29) is 18.6 Å². The van der Waals surface area contributed by atoms with Crippen molar-refractivity contribution < 1.29 is 13.9 Å². The first-order chi connectivity index (χ1) is 20.4. The van der Waals surface area contributed by atoms with Crippen molar-refractivity contribution in [1.82, 2.24) is 33.6 Å². The van der Waals surface area contributed by atoms with Crippen LogP contribution < -0.4 is 10.5 Å². The molecule has 2 aliphatic rings. The standard InChI is InChI=1S/C31H35FN8O2/c1-19(15-38-11-9-34-18-38)42-27-5-3-4-21-12-26(40(28(21)27)16-20-6-7-20)30-36-25-13-23-24(35-29(25)37(30)2)8-10-39(31(23)41)17-22(33)14-32/h3-5,9,11-13,18-20,22H,6-8,10,14-17,33H2,1-2H3/t19-,22+/m0/s1. The Balaban J connectivity index is 1.28. The summed E-state index contributed by atoms with van der Waals surface area (Å²) in [5.74, 6) is 2.08. The number of aryl methyl sites for hydroxylation is 1. The lowest BCUT2D eigenvalue weighted by molar-refractivity contribution is 0.0723. The van der Waals surface area contributed by atoms with Gasteiger partial charge in [0.15, 0.2) is 11.5 Å². The molecule has 0 radical (unpaired) electrons. The Morgan fingerprint density at radius 3 is 2.81 bits per heavy atom. The van der Waals surface area contributed by atoms with E-state index < -0.39 is 12.7 Å². The van der Waals surface area contributed by atoms with Gasteiger partial charge in [0.2, 0.25) is 0 Å². The monoisotopic (exact) mass is 570 g/mol. The summed E-state index contributed by atoms with van der Waals surface area (Å²) in [5, 5.41) is 1.09. The van der Waals surface area contributed by atoms with Gasteiger partial charge in [-0.3, -0.25) is 4.79 Å². The number of carbonyl (C=O) groups excluding carboxylic acids is 1. The van der Waals surface area contributed by atoms with Crippen LogP contribution in [0, 0.1) is 5.92 Å². The molecule has 0 saturated heterocycles. The molecule has 0 bridgehead atoms. The van der Waals surface area contributed by atoms with Crippen LogP contribution in [0.25, 0.3) is 33.6 Å². The first-order valence-corrected chi connectivity index (χ1v) is 14.6. The third-order valence-electron chi connectivity index (χ3n) is 8.32. The van der Waals surface area contributed by atoms with Crippen LogP contribution in [-0.2, 0) is 26.6 Å². The van der Waals surface area contributed by atoms with E-state index in [1.807, 2.05) is 40.6 Å². The molecule has 1 saturated carbocycles. The van der Waals surface area contributed by atoms with Crippen molar-refractivity contribution in [2.24, 2.45) is 18.7 Å². The predicted octanol–water partition coefficient (Wildman–Crippen LogP) is 3.96. The molecule has 5 aromatic rings. The maximum Gasteiger partial charge on any atom is 0.255 e. The van der Waals surface area contributed by atoms with Gasteiger partial charge in [-0.25, -0.2) is 19.3 Å². The number of ether oxygens (including phenoxy) is 1. The van der Waals surface area contributed by atoms with Crippen molar-refractivity contribution in [3.63, 3.8) is 0 Å². The molecule has 2 atom stereocenters. The number of alkyl halides is 1. The van der Waals surface area contributed by atoms with E-state index in [9.17, 15) is 9.18 Å². The van der Waals surface area contributed by atoms with E-state index in [1.165, 1.54) is 12.8 Å². The second-order valence-corrected chi connectivity index (χ2v) is 11.7. The summed E-state index contributed by atoms with van der Waals surface area (Å²) < 4.78 is 25.9. The molecule has 0 spiro atoms. The van der Waals surface area contributed by atoms with Crippen LogP contribution in [-0.4, -0.2) is 71.4 Å². The first-order valence-electron chi connectivity index (χ1n) is 14.6. The first kappa shape index (κ1) is 26.6. The smallest absolute Gasteiger partial charge is 0.255 e. The number of fused-ring (bicyclic) bond motifs is 3. The molecular weight excluding hydrogens is 535 g/mol. The van der Waals surface area contributed by atoms with Crippen molar-refractivity contribution in [3.8, 4) is 17.3 Å². The minimum Gasteiger partial charge on any atom is -0.487 e. The van der Waals surface area contributed by atoms with Crippen molar-refractivity contribution in [2.45, 2.75) is 51.4 Å². The molecule has 2 N–H and O–H groups in total. The second-order valence-electron chi connectivity index (χ2n) is 11.7. The molecule has 218 valence electrons. The Bertz CT molecular complexity index is 1770. The van der Waals surface area contributed by atoms with Gasteiger partial charge in [-0.2, -0.15) is 0 Å². The Labute approximate surface area is 242 Å². The molecule has 1 aliphatic heterocycles. The number of benzene rings is 1. The minimum atomic E-state index is -0.690. The molecule has 10 nitrogen and oxygen atoms in total. The van der Waals surface area contributed by atoms with Crippen molar-refractivity contribution in [1.29, 1.82) is 0 Å². The average Bonchev–Trinajstić information content (AvgIpc) is 3.36. The molecule has 1 amide bonds. The predicted molar refractivity (Wildman–Crippen MR) is 158 cm³/mol. The highest BCUT2D eigenvalue weighted by Gasteiger charge is 2.30. The van der Waals surface area contributed by atoms with Gasteiger partial charge in [0, 0.05) is 50.9 Å². The van der Waals surface area contributed by atoms with Crippen LogP contribution >= 0.6 is 0 Å². The van der Waals surface area contributed by atoms with Gasteiger partial charge in [0.05, 0.1) is 41.4 Å². The summed E-state index contributed by atoms with van der Waals surface area (Å²) in [6.07, 6.45) is 8.47. The topological polar surface area (TPSA) is 109 Å². The number of nitrogens with two attached hydrogens (primary N) is 1. The van der Waals surface area contributed by atoms with E-state index in [2.05, 4.69) is 28.6 Å².